The lowest BCUT2D eigenvalue weighted by Gasteiger charge is -2.42. The van der Waals surface area contributed by atoms with Gasteiger partial charge in [-0.2, -0.15) is 5.10 Å². The number of likely N-dealkylation sites (tertiary alicyclic amines) is 2. The van der Waals surface area contributed by atoms with Crippen LogP contribution in [0.4, 0.5) is 0 Å². The molecular weight excluding hydrogens is 288 g/mol. The Morgan fingerprint density at radius 2 is 2.00 bits per heavy atom. The van der Waals surface area contributed by atoms with E-state index in [-0.39, 0.29) is 0 Å². The second-order valence-electron chi connectivity index (χ2n) is 7.62. The van der Waals surface area contributed by atoms with Crippen molar-refractivity contribution in [1.29, 1.82) is 0 Å². The van der Waals surface area contributed by atoms with E-state index in [0.717, 1.165) is 19.1 Å². The van der Waals surface area contributed by atoms with E-state index >= 15 is 0 Å². The minimum Gasteiger partial charge on any atom is -0.396 e. The molecule has 0 bridgehead atoms. The van der Waals surface area contributed by atoms with E-state index in [4.69, 9.17) is 0 Å². The van der Waals surface area contributed by atoms with Crippen LogP contribution in [0, 0.1) is 5.92 Å². The number of hydrogen-bond donors (Lipinski definition) is 1. The molecule has 0 amide bonds. The van der Waals surface area contributed by atoms with E-state index in [1.165, 1.54) is 50.9 Å². The van der Waals surface area contributed by atoms with Crippen LogP contribution in [0.3, 0.4) is 0 Å². The molecule has 1 atom stereocenters. The van der Waals surface area contributed by atoms with Gasteiger partial charge in [0, 0.05) is 43.5 Å². The van der Waals surface area contributed by atoms with Crippen molar-refractivity contribution in [1.82, 2.24) is 19.6 Å². The lowest BCUT2D eigenvalue weighted by atomic mass is 9.94. The van der Waals surface area contributed by atoms with Crippen molar-refractivity contribution in [3.8, 4) is 0 Å². The molecule has 3 heterocycles. The summed E-state index contributed by atoms with van der Waals surface area (Å²) in [4.78, 5) is 5.20. The molecule has 1 aromatic heterocycles. The quantitative estimate of drug-likeness (QED) is 0.903. The Kier molecular flexibility index (Phi) is 5.72. The molecule has 2 saturated heterocycles. The number of aliphatic hydroxyl groups is 1. The van der Waals surface area contributed by atoms with Crippen molar-refractivity contribution in [2.24, 2.45) is 5.92 Å². The number of rotatable bonds is 5. The molecule has 0 saturated carbocycles. The fourth-order valence-corrected chi connectivity index (χ4v) is 4.02. The van der Waals surface area contributed by atoms with Crippen molar-refractivity contribution in [3.05, 3.63) is 18.0 Å². The highest BCUT2D eigenvalue weighted by Gasteiger charge is 2.28. The van der Waals surface area contributed by atoms with Crippen molar-refractivity contribution < 1.29 is 5.11 Å². The predicted molar refractivity (Wildman–Crippen MR) is 92.3 cm³/mol. The van der Waals surface area contributed by atoms with Gasteiger partial charge in [-0.05, 0) is 65.1 Å². The van der Waals surface area contributed by atoms with Crippen LogP contribution in [0.15, 0.2) is 12.4 Å². The topological polar surface area (TPSA) is 44.5 Å². The fourth-order valence-electron chi connectivity index (χ4n) is 4.02. The first-order valence-corrected chi connectivity index (χ1v) is 9.26. The van der Waals surface area contributed by atoms with Crippen LogP contribution in [-0.2, 0) is 6.54 Å². The third-order valence-corrected chi connectivity index (χ3v) is 5.47. The van der Waals surface area contributed by atoms with Crippen molar-refractivity contribution in [2.75, 3.05) is 32.8 Å². The molecule has 5 heteroatoms. The van der Waals surface area contributed by atoms with Crippen LogP contribution >= 0.6 is 0 Å². The molecule has 2 fully saturated rings. The molecule has 1 aromatic rings. The zero-order chi connectivity index (χ0) is 16.2. The van der Waals surface area contributed by atoms with E-state index < -0.39 is 0 Å². The van der Waals surface area contributed by atoms with Crippen LogP contribution in [0.5, 0.6) is 0 Å². The summed E-state index contributed by atoms with van der Waals surface area (Å²) in [5.41, 5.74) is 1.33. The van der Waals surface area contributed by atoms with Gasteiger partial charge in [0.2, 0.25) is 0 Å². The minimum atomic E-state index is 0.356. The number of aromatic nitrogens is 2. The summed E-state index contributed by atoms with van der Waals surface area (Å²) in [6.07, 6.45) is 9.17. The first kappa shape index (κ1) is 16.9. The molecule has 0 aromatic carbocycles. The molecular formula is C18H32N4O. The van der Waals surface area contributed by atoms with Gasteiger partial charge in [-0.1, -0.05) is 0 Å². The molecule has 3 rings (SSSR count). The highest BCUT2D eigenvalue weighted by atomic mass is 16.3. The molecule has 0 unspecified atom stereocenters. The normalized spacial score (nSPS) is 25.3. The molecule has 130 valence electrons. The maximum absolute atomic E-state index is 9.41. The summed E-state index contributed by atoms with van der Waals surface area (Å²) < 4.78 is 2.05. The van der Waals surface area contributed by atoms with Crippen LogP contribution in [-0.4, -0.2) is 63.5 Å². The molecule has 0 aliphatic carbocycles. The van der Waals surface area contributed by atoms with E-state index in [1.807, 2.05) is 10.9 Å². The van der Waals surface area contributed by atoms with Gasteiger partial charge in [-0.3, -0.25) is 14.5 Å². The lowest BCUT2D eigenvalue weighted by molar-refractivity contribution is 0.0526. The highest BCUT2D eigenvalue weighted by molar-refractivity contribution is 5.04. The third-order valence-electron chi connectivity index (χ3n) is 5.47. The first-order valence-electron chi connectivity index (χ1n) is 9.26. The number of hydrogen-bond acceptors (Lipinski definition) is 4. The monoisotopic (exact) mass is 320 g/mol. The molecule has 0 spiro atoms. The van der Waals surface area contributed by atoms with Crippen LogP contribution < -0.4 is 0 Å². The Morgan fingerprint density at radius 3 is 2.65 bits per heavy atom. The molecule has 23 heavy (non-hydrogen) atoms. The minimum absolute atomic E-state index is 0.356. The number of piperidine rings is 2. The van der Waals surface area contributed by atoms with Gasteiger partial charge < -0.3 is 5.11 Å². The summed E-state index contributed by atoms with van der Waals surface area (Å²) in [6, 6.07) is 1.16. The Hall–Kier alpha value is -0.910. The summed E-state index contributed by atoms with van der Waals surface area (Å²) in [6.45, 7) is 10.4. The van der Waals surface area contributed by atoms with Crippen molar-refractivity contribution in [2.45, 2.75) is 58.2 Å². The van der Waals surface area contributed by atoms with E-state index in [0.29, 0.717) is 18.6 Å². The summed E-state index contributed by atoms with van der Waals surface area (Å²) in [7, 11) is 0. The standard InChI is InChI=1S/C18H32N4O/c1-15(2)22-13-17(10-19-22)11-20-8-5-18(6-9-20)21-7-3-4-16(12-21)14-23/h10,13,15-16,18,23H,3-9,11-12,14H2,1-2H3/t16-/m1/s1. The van der Waals surface area contributed by atoms with E-state index in [2.05, 4.69) is 34.9 Å². The van der Waals surface area contributed by atoms with Gasteiger partial charge in [-0.15, -0.1) is 0 Å². The van der Waals surface area contributed by atoms with Crippen LogP contribution in [0.2, 0.25) is 0 Å². The summed E-state index contributed by atoms with van der Waals surface area (Å²) in [5.74, 6) is 0.503. The maximum Gasteiger partial charge on any atom is 0.0534 e. The fraction of sp³-hybridized carbons (Fsp3) is 0.833. The zero-order valence-corrected chi connectivity index (χ0v) is 14.7. The van der Waals surface area contributed by atoms with Crippen molar-refractivity contribution >= 4 is 0 Å². The van der Waals surface area contributed by atoms with Gasteiger partial charge in [0.25, 0.3) is 0 Å². The SMILES string of the molecule is CC(C)n1cc(CN2CCC(N3CCC[C@@H](CO)C3)CC2)cn1. The largest absolute Gasteiger partial charge is 0.396 e. The molecule has 1 N–H and O–H groups in total. The van der Waals surface area contributed by atoms with Gasteiger partial charge in [0.05, 0.1) is 6.20 Å². The second kappa shape index (κ2) is 7.77. The zero-order valence-electron chi connectivity index (χ0n) is 14.7. The van der Waals surface area contributed by atoms with Gasteiger partial charge >= 0.3 is 0 Å². The number of nitrogens with zero attached hydrogens (tertiary/aromatic N) is 4. The van der Waals surface area contributed by atoms with Gasteiger partial charge in [0.1, 0.15) is 0 Å². The third kappa shape index (κ3) is 4.34. The smallest absolute Gasteiger partial charge is 0.0534 e. The lowest BCUT2D eigenvalue weighted by Crippen LogP contribution is -2.48. The van der Waals surface area contributed by atoms with E-state index in [1.54, 1.807) is 0 Å². The highest BCUT2D eigenvalue weighted by Crippen LogP contribution is 2.24. The van der Waals surface area contributed by atoms with Gasteiger partial charge in [-0.25, -0.2) is 0 Å². The van der Waals surface area contributed by atoms with Crippen molar-refractivity contribution in [3.63, 3.8) is 0 Å². The van der Waals surface area contributed by atoms with Gasteiger partial charge in [0.15, 0.2) is 0 Å². The second-order valence-corrected chi connectivity index (χ2v) is 7.62. The van der Waals surface area contributed by atoms with Crippen LogP contribution in [0.25, 0.3) is 0 Å². The number of aliphatic hydroxyl groups excluding tert-OH is 1. The van der Waals surface area contributed by atoms with E-state index in [9.17, 15) is 5.11 Å². The first-order chi connectivity index (χ1) is 11.2. The Labute approximate surface area is 140 Å². The molecule has 2 aliphatic rings. The predicted octanol–water partition coefficient (Wildman–Crippen LogP) is 2.13. The average molecular weight is 320 g/mol. The maximum atomic E-state index is 9.41. The Balaban J connectivity index is 1.46. The summed E-state index contributed by atoms with van der Waals surface area (Å²) in [5, 5.41) is 13.9. The molecule has 5 nitrogen and oxygen atoms in total. The molecule has 0 radical (unpaired) electrons. The average Bonchev–Trinajstić information content (AvgIpc) is 3.04. The van der Waals surface area contributed by atoms with Crippen LogP contribution in [0.1, 0.15) is 51.1 Å². The summed E-state index contributed by atoms with van der Waals surface area (Å²) >= 11 is 0. The Morgan fingerprint density at radius 1 is 1.22 bits per heavy atom. The molecule has 2 aliphatic heterocycles. The Bertz CT molecular complexity index is 479.